The van der Waals surface area contributed by atoms with Gasteiger partial charge in [-0.15, -0.1) is 0 Å². The minimum Gasteiger partial charge on any atom is -0.469 e. The number of hydrogen-bond donors (Lipinski definition) is 0. The molecule has 0 aromatic heterocycles. The average Bonchev–Trinajstić information content (AvgIpc) is 2.20. The highest BCUT2D eigenvalue weighted by atomic mass is 79.9. The van der Waals surface area contributed by atoms with Gasteiger partial charge in [0.15, 0.2) is 0 Å². The standard InChI is InChI=1S/C13H14BrFO2/c1-17-13(16)12(8-3-2-4-8)9-5-10(14)7-11(15)6-9/h5-8,12H,2-4H2,1H3. The quantitative estimate of drug-likeness (QED) is 0.797. The molecule has 1 saturated carbocycles. The van der Waals surface area contributed by atoms with E-state index in [1.165, 1.54) is 19.2 Å². The molecule has 0 radical (unpaired) electrons. The van der Waals surface area contributed by atoms with Crippen LogP contribution in [0.1, 0.15) is 30.7 Å². The molecule has 0 bridgehead atoms. The summed E-state index contributed by atoms with van der Waals surface area (Å²) in [6, 6.07) is 4.60. The Morgan fingerprint density at radius 3 is 2.65 bits per heavy atom. The van der Waals surface area contributed by atoms with E-state index >= 15 is 0 Å². The lowest BCUT2D eigenvalue weighted by Gasteiger charge is -2.32. The van der Waals surface area contributed by atoms with Crippen LogP contribution in [0.4, 0.5) is 4.39 Å². The summed E-state index contributed by atoms with van der Waals surface area (Å²) in [5, 5.41) is 0. The third-order valence-electron chi connectivity index (χ3n) is 3.32. The van der Waals surface area contributed by atoms with Crippen LogP contribution in [-0.4, -0.2) is 13.1 Å². The summed E-state index contributed by atoms with van der Waals surface area (Å²) in [6.45, 7) is 0. The zero-order valence-electron chi connectivity index (χ0n) is 9.58. The van der Waals surface area contributed by atoms with Gasteiger partial charge in [0.2, 0.25) is 0 Å². The molecule has 0 amide bonds. The SMILES string of the molecule is COC(=O)C(c1cc(F)cc(Br)c1)C1CCC1. The fourth-order valence-corrected chi connectivity index (χ4v) is 2.74. The van der Waals surface area contributed by atoms with Crippen molar-refractivity contribution in [1.29, 1.82) is 0 Å². The zero-order valence-corrected chi connectivity index (χ0v) is 11.2. The van der Waals surface area contributed by atoms with E-state index in [0.717, 1.165) is 19.3 Å². The molecular formula is C13H14BrFO2. The summed E-state index contributed by atoms with van der Waals surface area (Å²) in [7, 11) is 1.38. The first-order valence-electron chi connectivity index (χ1n) is 5.65. The van der Waals surface area contributed by atoms with Crippen LogP contribution in [0.2, 0.25) is 0 Å². The van der Waals surface area contributed by atoms with Crippen LogP contribution in [0.3, 0.4) is 0 Å². The van der Waals surface area contributed by atoms with Crippen LogP contribution in [-0.2, 0) is 9.53 Å². The second-order valence-corrected chi connectivity index (χ2v) is 5.31. The molecule has 0 N–H and O–H groups in total. The highest BCUT2D eigenvalue weighted by Crippen LogP contribution is 2.40. The third-order valence-corrected chi connectivity index (χ3v) is 3.78. The van der Waals surface area contributed by atoms with Crippen LogP contribution in [0.25, 0.3) is 0 Å². The summed E-state index contributed by atoms with van der Waals surface area (Å²) < 4.78 is 18.8. The van der Waals surface area contributed by atoms with Gasteiger partial charge in [-0.3, -0.25) is 4.79 Å². The number of esters is 1. The molecule has 4 heteroatoms. The van der Waals surface area contributed by atoms with Crippen molar-refractivity contribution in [3.8, 4) is 0 Å². The lowest BCUT2D eigenvalue weighted by atomic mass is 9.73. The molecule has 2 rings (SSSR count). The predicted molar refractivity (Wildman–Crippen MR) is 66.2 cm³/mol. The molecule has 0 aliphatic heterocycles. The van der Waals surface area contributed by atoms with Crippen molar-refractivity contribution in [1.82, 2.24) is 0 Å². The maximum Gasteiger partial charge on any atom is 0.313 e. The number of hydrogen-bond acceptors (Lipinski definition) is 2. The minimum atomic E-state index is -0.333. The van der Waals surface area contributed by atoms with Crippen LogP contribution in [0.15, 0.2) is 22.7 Å². The highest BCUT2D eigenvalue weighted by molar-refractivity contribution is 9.10. The van der Waals surface area contributed by atoms with Crippen molar-refractivity contribution < 1.29 is 13.9 Å². The zero-order chi connectivity index (χ0) is 12.4. The first kappa shape index (κ1) is 12.6. The molecule has 1 aromatic rings. The maximum atomic E-state index is 13.4. The molecule has 0 saturated heterocycles. The monoisotopic (exact) mass is 300 g/mol. The van der Waals surface area contributed by atoms with E-state index < -0.39 is 0 Å². The molecular weight excluding hydrogens is 287 g/mol. The molecule has 2 nitrogen and oxygen atoms in total. The first-order chi connectivity index (χ1) is 8.11. The van der Waals surface area contributed by atoms with Crippen molar-refractivity contribution in [3.05, 3.63) is 34.1 Å². The minimum absolute atomic E-state index is 0.271. The number of benzene rings is 1. The molecule has 1 fully saturated rings. The van der Waals surface area contributed by atoms with Gasteiger partial charge < -0.3 is 4.74 Å². The average molecular weight is 301 g/mol. The Bertz CT molecular complexity index is 409. The predicted octanol–water partition coefficient (Wildman–Crippen LogP) is 3.64. The Morgan fingerprint density at radius 2 is 2.18 bits per heavy atom. The van der Waals surface area contributed by atoms with Gasteiger partial charge in [0.1, 0.15) is 5.82 Å². The highest BCUT2D eigenvalue weighted by Gasteiger charge is 2.34. The smallest absolute Gasteiger partial charge is 0.313 e. The van der Waals surface area contributed by atoms with E-state index in [1.54, 1.807) is 6.07 Å². The van der Waals surface area contributed by atoms with Crippen LogP contribution in [0.5, 0.6) is 0 Å². The Hall–Kier alpha value is -0.900. The lowest BCUT2D eigenvalue weighted by Crippen LogP contribution is -2.28. The number of carbonyl (C=O) groups excluding carboxylic acids is 1. The Labute approximate surface area is 108 Å². The fourth-order valence-electron chi connectivity index (χ4n) is 2.26. The van der Waals surface area contributed by atoms with E-state index in [4.69, 9.17) is 4.74 Å². The van der Waals surface area contributed by atoms with E-state index in [2.05, 4.69) is 15.9 Å². The van der Waals surface area contributed by atoms with Gasteiger partial charge in [-0.05, 0) is 42.5 Å². The Balaban J connectivity index is 2.33. The largest absolute Gasteiger partial charge is 0.469 e. The van der Waals surface area contributed by atoms with Crippen molar-refractivity contribution >= 4 is 21.9 Å². The van der Waals surface area contributed by atoms with Crippen LogP contribution in [0, 0.1) is 11.7 Å². The van der Waals surface area contributed by atoms with Crippen molar-refractivity contribution in [2.24, 2.45) is 5.92 Å². The summed E-state index contributed by atoms with van der Waals surface area (Å²) in [4.78, 5) is 11.8. The van der Waals surface area contributed by atoms with Crippen LogP contribution < -0.4 is 0 Å². The van der Waals surface area contributed by atoms with Crippen molar-refractivity contribution in [2.75, 3.05) is 7.11 Å². The molecule has 1 aliphatic carbocycles. The normalized spacial score (nSPS) is 17.4. The van der Waals surface area contributed by atoms with Gasteiger partial charge in [0.25, 0.3) is 0 Å². The third kappa shape index (κ3) is 2.68. The molecule has 92 valence electrons. The Kier molecular flexibility index (Phi) is 3.82. The number of methoxy groups -OCH3 is 1. The molecule has 1 unspecified atom stereocenters. The summed E-state index contributed by atoms with van der Waals surface area (Å²) >= 11 is 3.25. The fraction of sp³-hybridized carbons (Fsp3) is 0.462. The van der Waals surface area contributed by atoms with Gasteiger partial charge in [-0.2, -0.15) is 0 Å². The summed E-state index contributed by atoms with van der Waals surface area (Å²) in [5.41, 5.74) is 0.702. The maximum absolute atomic E-state index is 13.4. The first-order valence-corrected chi connectivity index (χ1v) is 6.45. The van der Waals surface area contributed by atoms with Gasteiger partial charge in [0, 0.05) is 4.47 Å². The number of rotatable bonds is 3. The van der Waals surface area contributed by atoms with E-state index in [-0.39, 0.29) is 23.6 Å². The summed E-state index contributed by atoms with van der Waals surface area (Å²) in [5.74, 6) is -0.647. The van der Waals surface area contributed by atoms with E-state index in [0.29, 0.717) is 10.0 Å². The Morgan fingerprint density at radius 1 is 1.47 bits per heavy atom. The van der Waals surface area contributed by atoms with Gasteiger partial charge in [0.05, 0.1) is 13.0 Å². The van der Waals surface area contributed by atoms with Crippen molar-refractivity contribution in [3.63, 3.8) is 0 Å². The lowest BCUT2D eigenvalue weighted by molar-refractivity contribution is -0.144. The van der Waals surface area contributed by atoms with Gasteiger partial charge in [-0.1, -0.05) is 22.4 Å². The molecule has 1 aromatic carbocycles. The van der Waals surface area contributed by atoms with Crippen LogP contribution >= 0.6 is 15.9 Å². The van der Waals surface area contributed by atoms with Gasteiger partial charge in [-0.25, -0.2) is 4.39 Å². The molecule has 17 heavy (non-hydrogen) atoms. The second kappa shape index (κ2) is 5.17. The van der Waals surface area contributed by atoms with E-state index in [9.17, 15) is 9.18 Å². The number of ether oxygens (including phenoxy) is 1. The van der Waals surface area contributed by atoms with Crippen molar-refractivity contribution in [2.45, 2.75) is 25.2 Å². The molecule has 0 heterocycles. The molecule has 1 aliphatic rings. The van der Waals surface area contributed by atoms with Gasteiger partial charge >= 0.3 is 5.97 Å². The number of halogens is 2. The molecule has 0 spiro atoms. The second-order valence-electron chi connectivity index (χ2n) is 4.39. The topological polar surface area (TPSA) is 26.3 Å². The number of carbonyl (C=O) groups is 1. The van der Waals surface area contributed by atoms with E-state index in [1.807, 2.05) is 0 Å². The molecule has 1 atom stereocenters. The summed E-state index contributed by atoms with van der Waals surface area (Å²) in [6.07, 6.45) is 3.15.